The van der Waals surface area contributed by atoms with E-state index in [9.17, 15) is 4.79 Å². The minimum absolute atomic E-state index is 0.331. The number of hydrogen-bond donors (Lipinski definition) is 1. The van der Waals surface area contributed by atoms with Crippen LogP contribution in [0, 0.1) is 11.3 Å². The molecule has 1 N–H and O–H groups in total. The van der Waals surface area contributed by atoms with Crippen molar-refractivity contribution >= 4 is 22.4 Å². The molecule has 1 amide bonds. The van der Waals surface area contributed by atoms with Crippen LogP contribution in [0.1, 0.15) is 12.5 Å². The van der Waals surface area contributed by atoms with Gasteiger partial charge in [-0.05, 0) is 25.1 Å². The number of amides is 1. The number of carbonyl (C=O) groups excluding carboxylic acids is 1. The number of aromatic nitrogens is 3. The number of carbonyl (C=O) groups is 1. The normalized spacial score (nSPS) is 11.5. The van der Waals surface area contributed by atoms with E-state index in [0.29, 0.717) is 16.4 Å². The molecular weight excluding hydrogens is 410 g/mol. The van der Waals surface area contributed by atoms with Crippen LogP contribution < -0.4 is 10.1 Å². The van der Waals surface area contributed by atoms with E-state index in [1.165, 1.54) is 11.3 Å². The SMILES string of the molecule is CC(Oc1cccc(C#N)c1)C(=O)Nc1nc(-c2ccccc2)c(-c2nccn2C)s1. The van der Waals surface area contributed by atoms with Gasteiger partial charge >= 0.3 is 0 Å². The molecular formula is C23H19N5O2S. The first-order chi connectivity index (χ1) is 15.0. The maximum atomic E-state index is 12.7. The summed E-state index contributed by atoms with van der Waals surface area (Å²) in [4.78, 5) is 22.7. The highest BCUT2D eigenvalue weighted by atomic mass is 32.1. The zero-order valence-corrected chi connectivity index (χ0v) is 17.8. The van der Waals surface area contributed by atoms with Crippen LogP contribution in [0.4, 0.5) is 5.13 Å². The van der Waals surface area contributed by atoms with Crippen molar-refractivity contribution in [2.75, 3.05) is 5.32 Å². The van der Waals surface area contributed by atoms with Crippen LogP contribution in [0.5, 0.6) is 5.75 Å². The molecule has 0 fully saturated rings. The summed E-state index contributed by atoms with van der Waals surface area (Å²) >= 11 is 1.36. The first-order valence-corrected chi connectivity index (χ1v) is 10.4. The van der Waals surface area contributed by atoms with Crippen LogP contribution in [0.25, 0.3) is 22.0 Å². The molecule has 1 unspecified atom stereocenters. The molecule has 0 aliphatic rings. The van der Waals surface area contributed by atoms with Crippen molar-refractivity contribution < 1.29 is 9.53 Å². The van der Waals surface area contributed by atoms with Gasteiger partial charge in [0.05, 0.1) is 22.2 Å². The molecule has 8 heteroatoms. The molecule has 31 heavy (non-hydrogen) atoms. The van der Waals surface area contributed by atoms with Gasteiger partial charge in [0.1, 0.15) is 5.75 Å². The number of ether oxygens (including phenoxy) is 1. The Labute approximate surface area is 183 Å². The maximum absolute atomic E-state index is 12.7. The summed E-state index contributed by atoms with van der Waals surface area (Å²) in [5, 5.41) is 12.3. The van der Waals surface area contributed by atoms with Crippen molar-refractivity contribution in [2.24, 2.45) is 7.05 Å². The minimum Gasteiger partial charge on any atom is -0.481 e. The maximum Gasteiger partial charge on any atom is 0.266 e. The first kappa shape index (κ1) is 20.3. The third-order valence-electron chi connectivity index (χ3n) is 4.57. The number of nitriles is 1. The fourth-order valence-electron chi connectivity index (χ4n) is 3.00. The van der Waals surface area contributed by atoms with Gasteiger partial charge in [0.2, 0.25) is 0 Å². The third kappa shape index (κ3) is 4.47. The number of rotatable bonds is 6. The summed E-state index contributed by atoms with van der Waals surface area (Å²) in [5.74, 6) is 0.899. The number of benzene rings is 2. The van der Waals surface area contributed by atoms with Crippen molar-refractivity contribution in [1.82, 2.24) is 14.5 Å². The summed E-state index contributed by atoms with van der Waals surface area (Å²) in [6.07, 6.45) is 2.83. The monoisotopic (exact) mass is 429 g/mol. The van der Waals surface area contributed by atoms with Crippen LogP contribution >= 0.6 is 11.3 Å². The molecule has 0 bridgehead atoms. The van der Waals surface area contributed by atoms with E-state index in [2.05, 4.69) is 21.4 Å². The van der Waals surface area contributed by atoms with Crippen molar-refractivity contribution in [3.63, 3.8) is 0 Å². The predicted molar refractivity (Wildman–Crippen MR) is 120 cm³/mol. The van der Waals surface area contributed by atoms with E-state index in [-0.39, 0.29) is 5.91 Å². The van der Waals surface area contributed by atoms with E-state index >= 15 is 0 Å². The smallest absolute Gasteiger partial charge is 0.266 e. The van der Waals surface area contributed by atoms with E-state index in [1.54, 1.807) is 37.4 Å². The second-order valence-electron chi connectivity index (χ2n) is 6.81. The lowest BCUT2D eigenvalue weighted by Gasteiger charge is -2.13. The Hall–Kier alpha value is -3.96. The molecule has 4 rings (SSSR count). The van der Waals surface area contributed by atoms with Crippen molar-refractivity contribution in [3.8, 4) is 33.8 Å². The summed E-state index contributed by atoms with van der Waals surface area (Å²) in [6.45, 7) is 1.65. The predicted octanol–water partition coefficient (Wildman–Crippen LogP) is 4.49. The second-order valence-corrected chi connectivity index (χ2v) is 7.81. The molecule has 0 spiro atoms. The molecule has 2 aromatic heterocycles. The Morgan fingerprint density at radius 3 is 2.74 bits per heavy atom. The Kier molecular flexibility index (Phi) is 5.78. The van der Waals surface area contributed by atoms with Crippen LogP contribution in [-0.4, -0.2) is 26.5 Å². The number of imidazole rings is 1. The van der Waals surface area contributed by atoms with E-state index < -0.39 is 6.10 Å². The van der Waals surface area contributed by atoms with Crippen LogP contribution in [0.2, 0.25) is 0 Å². The molecule has 0 aliphatic carbocycles. The van der Waals surface area contributed by atoms with Crippen molar-refractivity contribution in [2.45, 2.75) is 13.0 Å². The molecule has 7 nitrogen and oxygen atoms in total. The number of nitrogens with zero attached hydrogens (tertiary/aromatic N) is 4. The lowest BCUT2D eigenvalue weighted by Crippen LogP contribution is -2.30. The van der Waals surface area contributed by atoms with Gasteiger partial charge in [-0.3, -0.25) is 10.1 Å². The molecule has 0 aliphatic heterocycles. The van der Waals surface area contributed by atoms with E-state index in [4.69, 9.17) is 10.00 Å². The minimum atomic E-state index is -0.769. The molecule has 4 aromatic rings. The lowest BCUT2D eigenvalue weighted by atomic mass is 10.1. The Morgan fingerprint density at radius 2 is 2.03 bits per heavy atom. The zero-order chi connectivity index (χ0) is 21.8. The average Bonchev–Trinajstić information content (AvgIpc) is 3.40. The molecule has 0 saturated carbocycles. The first-order valence-electron chi connectivity index (χ1n) is 9.57. The van der Waals surface area contributed by atoms with Gasteiger partial charge in [0.25, 0.3) is 5.91 Å². The highest BCUT2D eigenvalue weighted by Gasteiger charge is 2.21. The Morgan fingerprint density at radius 1 is 1.23 bits per heavy atom. The van der Waals surface area contributed by atoms with Gasteiger partial charge in [-0.25, -0.2) is 9.97 Å². The zero-order valence-electron chi connectivity index (χ0n) is 16.9. The molecule has 2 heterocycles. The van der Waals surface area contributed by atoms with E-state index in [1.807, 2.05) is 48.1 Å². The third-order valence-corrected chi connectivity index (χ3v) is 5.54. The van der Waals surface area contributed by atoms with Gasteiger partial charge in [-0.1, -0.05) is 47.7 Å². The van der Waals surface area contributed by atoms with Crippen molar-refractivity contribution in [3.05, 3.63) is 72.6 Å². The highest BCUT2D eigenvalue weighted by molar-refractivity contribution is 7.19. The van der Waals surface area contributed by atoms with Crippen molar-refractivity contribution in [1.29, 1.82) is 5.26 Å². The molecule has 154 valence electrons. The Bertz CT molecular complexity index is 1260. The summed E-state index contributed by atoms with van der Waals surface area (Å²) in [6, 6.07) is 18.5. The highest BCUT2D eigenvalue weighted by Crippen LogP contribution is 2.38. The quantitative estimate of drug-likeness (QED) is 0.487. The number of anilines is 1. The number of nitrogens with one attached hydrogen (secondary N) is 1. The standard InChI is InChI=1S/C23H19N5O2S/c1-15(30-18-10-6-7-16(13-18)14-24)22(29)27-23-26-19(17-8-4-3-5-9-17)20(31-23)21-25-11-12-28(21)2/h3-13,15H,1-2H3,(H,26,27,29). The van der Waals surface area contributed by atoms with Gasteiger partial charge in [0.15, 0.2) is 17.1 Å². The fourth-order valence-corrected chi connectivity index (χ4v) is 4.03. The number of thiazole rings is 1. The van der Waals surface area contributed by atoms with Gasteiger partial charge in [-0.15, -0.1) is 0 Å². The average molecular weight is 430 g/mol. The topological polar surface area (TPSA) is 92.8 Å². The lowest BCUT2D eigenvalue weighted by molar-refractivity contribution is -0.122. The van der Waals surface area contributed by atoms with Gasteiger partial charge < -0.3 is 9.30 Å². The number of hydrogen-bond acceptors (Lipinski definition) is 6. The summed E-state index contributed by atoms with van der Waals surface area (Å²) in [5.41, 5.74) is 2.16. The largest absolute Gasteiger partial charge is 0.481 e. The van der Waals surface area contributed by atoms with Gasteiger partial charge in [0, 0.05) is 25.0 Å². The molecule has 1 atom stereocenters. The van der Waals surface area contributed by atoms with Crippen LogP contribution in [0.15, 0.2) is 67.0 Å². The second kappa shape index (κ2) is 8.81. The summed E-state index contributed by atoms with van der Waals surface area (Å²) in [7, 11) is 1.92. The van der Waals surface area contributed by atoms with Gasteiger partial charge in [-0.2, -0.15) is 5.26 Å². The summed E-state index contributed by atoms with van der Waals surface area (Å²) < 4.78 is 7.62. The molecule has 2 aromatic carbocycles. The van der Waals surface area contributed by atoms with E-state index in [0.717, 1.165) is 22.0 Å². The molecule has 0 radical (unpaired) electrons. The van der Waals surface area contributed by atoms with Crippen LogP contribution in [-0.2, 0) is 11.8 Å². The number of aryl methyl sites for hydroxylation is 1. The van der Waals surface area contributed by atoms with Crippen LogP contribution in [0.3, 0.4) is 0 Å². The fraction of sp³-hybridized carbons (Fsp3) is 0.130. The Balaban J connectivity index is 1.58. The molecule has 0 saturated heterocycles.